The molecule has 2 unspecified atom stereocenters. The molecule has 4 bridgehead atoms. The van der Waals surface area contributed by atoms with E-state index in [4.69, 9.17) is 4.74 Å². The summed E-state index contributed by atoms with van der Waals surface area (Å²) in [6.07, 6.45) is 6.91. The lowest BCUT2D eigenvalue weighted by molar-refractivity contribution is 0.0692. The predicted octanol–water partition coefficient (Wildman–Crippen LogP) is 5.85. The third-order valence-corrected chi connectivity index (χ3v) is 10.8. The lowest BCUT2D eigenvalue weighted by Gasteiger charge is -2.40. The van der Waals surface area contributed by atoms with E-state index in [1.165, 1.54) is 32.1 Å². The number of hydrogen-bond donors (Lipinski definition) is 1. The van der Waals surface area contributed by atoms with Gasteiger partial charge in [-0.05, 0) is 97.9 Å². The minimum absolute atomic E-state index is 0.178. The van der Waals surface area contributed by atoms with Crippen molar-refractivity contribution < 1.29 is 23.1 Å². The number of rotatable bonds is 5. The lowest BCUT2D eigenvalue weighted by Crippen LogP contribution is -2.44. The normalized spacial score (nSPS) is 33.8. The Morgan fingerprint density at radius 2 is 1.71 bits per heavy atom. The van der Waals surface area contributed by atoms with E-state index in [2.05, 4.69) is 4.40 Å². The van der Waals surface area contributed by atoms with Crippen molar-refractivity contribution in [3.05, 3.63) is 59.7 Å². The first kappa shape index (κ1) is 22.8. The molecular weight excluding hydrogens is 462 g/mol. The van der Waals surface area contributed by atoms with E-state index in [9.17, 15) is 18.3 Å². The van der Waals surface area contributed by atoms with Crippen molar-refractivity contribution in [1.29, 1.82) is 0 Å². The molecule has 3 atom stereocenters. The summed E-state index contributed by atoms with van der Waals surface area (Å²) in [5.41, 5.74) is 1.64. The van der Waals surface area contributed by atoms with Gasteiger partial charge in [-0.15, -0.1) is 4.40 Å². The van der Waals surface area contributed by atoms with Gasteiger partial charge in [0.05, 0.1) is 5.56 Å². The van der Waals surface area contributed by atoms with Crippen LogP contribution < -0.4 is 0 Å². The predicted molar refractivity (Wildman–Crippen MR) is 134 cm³/mol. The summed E-state index contributed by atoms with van der Waals surface area (Å²) >= 11 is 0. The molecule has 4 aliphatic carbocycles. The van der Waals surface area contributed by atoms with Crippen LogP contribution in [0.1, 0.15) is 73.5 Å². The maximum atomic E-state index is 13.5. The molecule has 1 heterocycles. The maximum absolute atomic E-state index is 13.5. The van der Waals surface area contributed by atoms with Crippen LogP contribution in [0.5, 0.6) is 0 Å². The number of hydrogen-bond acceptors (Lipinski definition) is 4. The van der Waals surface area contributed by atoms with Gasteiger partial charge in [-0.2, -0.15) is 0 Å². The average molecular weight is 494 g/mol. The Kier molecular flexibility index (Phi) is 4.99. The first-order chi connectivity index (χ1) is 16.5. The topological polar surface area (TPSA) is 93.0 Å². The summed E-state index contributed by atoms with van der Waals surface area (Å²) in [5, 5.41) is 8.36. The largest absolute Gasteiger partial charge is 0.478 e. The molecule has 35 heavy (non-hydrogen) atoms. The Morgan fingerprint density at radius 1 is 1.03 bits per heavy atom. The molecule has 0 spiro atoms. The van der Waals surface area contributed by atoms with Crippen LogP contribution in [-0.4, -0.2) is 31.0 Å². The minimum atomic E-state index is -3.82. The van der Waals surface area contributed by atoms with Crippen molar-refractivity contribution in [1.82, 2.24) is 0 Å². The fraction of sp³-hybridized carbons (Fsp3) is 0.500. The Morgan fingerprint density at radius 3 is 2.34 bits per heavy atom. The second kappa shape index (κ2) is 7.66. The number of aromatic carboxylic acids is 1. The first-order valence-corrected chi connectivity index (χ1v) is 14.0. The van der Waals surface area contributed by atoms with Crippen molar-refractivity contribution in [2.24, 2.45) is 27.6 Å². The summed E-state index contributed by atoms with van der Waals surface area (Å²) in [6, 6.07) is 13.9. The number of carbonyl (C=O) groups is 1. The lowest BCUT2D eigenvalue weighted by atomic mass is 9.73. The van der Waals surface area contributed by atoms with Crippen LogP contribution in [0.4, 0.5) is 0 Å². The fourth-order valence-electron chi connectivity index (χ4n) is 7.81. The zero-order chi connectivity index (χ0) is 24.6. The summed E-state index contributed by atoms with van der Waals surface area (Å²) in [5.74, 6) is 1.68. The molecule has 0 radical (unpaired) electrons. The zero-order valence-corrected chi connectivity index (χ0v) is 20.9. The number of nitrogens with zero attached hydrogens (tertiary/aromatic N) is 1. The van der Waals surface area contributed by atoms with Crippen molar-refractivity contribution in [2.45, 2.75) is 63.2 Å². The quantitative estimate of drug-likeness (QED) is 0.564. The molecule has 0 saturated heterocycles. The molecule has 4 fully saturated rings. The van der Waals surface area contributed by atoms with Crippen LogP contribution in [0.2, 0.25) is 0 Å². The molecule has 0 aromatic heterocycles. The summed E-state index contributed by atoms with van der Waals surface area (Å²) in [4.78, 5) is 11.3. The third-order valence-electron chi connectivity index (χ3n) is 8.86. The number of sulfonamides is 1. The number of ether oxygens (including phenoxy) is 1. The van der Waals surface area contributed by atoms with E-state index in [-0.39, 0.29) is 11.0 Å². The van der Waals surface area contributed by atoms with Crippen molar-refractivity contribution in [3.63, 3.8) is 0 Å². The minimum Gasteiger partial charge on any atom is -0.478 e. The van der Waals surface area contributed by atoms with Crippen LogP contribution >= 0.6 is 0 Å². The standard InChI is InChI=1S/C28H31NO5S/c1-27(2)25(20-8-6-19(7-9-20)21-4-3-5-22(13-21)26(30)31)35(32,33)29-24(34-27)16-28-14-17-10-18(15-28)12-23(28)11-17/h3-9,13,17-18,23,25H,10-12,14-16H2,1-2H3,(H,30,31)/t17?,18?,23?,25-,28?/m0/s1. The highest BCUT2D eigenvalue weighted by Crippen LogP contribution is 2.67. The molecular formula is C28H31NO5S. The Bertz CT molecular complexity index is 1310. The Hall–Kier alpha value is -2.67. The van der Waals surface area contributed by atoms with E-state index in [1.807, 2.05) is 32.0 Å². The van der Waals surface area contributed by atoms with Gasteiger partial charge in [0.25, 0.3) is 10.0 Å². The summed E-state index contributed by atoms with van der Waals surface area (Å²) in [6.45, 7) is 3.67. The van der Waals surface area contributed by atoms with Crippen LogP contribution in [0.3, 0.4) is 0 Å². The van der Waals surface area contributed by atoms with Gasteiger partial charge in [-0.1, -0.05) is 36.4 Å². The average Bonchev–Trinajstić information content (AvgIpc) is 3.15. The second-order valence-electron chi connectivity index (χ2n) is 11.7. The first-order valence-electron chi connectivity index (χ1n) is 12.5. The van der Waals surface area contributed by atoms with Gasteiger partial charge in [0.1, 0.15) is 10.9 Å². The smallest absolute Gasteiger partial charge is 0.335 e. The summed E-state index contributed by atoms with van der Waals surface area (Å²) in [7, 11) is -3.82. The molecule has 184 valence electrons. The number of carboxylic acids is 1. The van der Waals surface area contributed by atoms with Crippen LogP contribution in [0.25, 0.3) is 11.1 Å². The molecule has 7 rings (SSSR count). The Balaban J connectivity index is 1.28. The van der Waals surface area contributed by atoms with Gasteiger partial charge in [0, 0.05) is 6.42 Å². The maximum Gasteiger partial charge on any atom is 0.335 e. The van der Waals surface area contributed by atoms with Gasteiger partial charge in [-0.25, -0.2) is 13.2 Å². The zero-order valence-electron chi connectivity index (χ0n) is 20.1. The number of carboxylic acid groups (broad SMARTS) is 1. The van der Waals surface area contributed by atoms with Crippen LogP contribution in [0, 0.1) is 23.2 Å². The Labute approximate surface area is 206 Å². The molecule has 5 aliphatic rings. The second-order valence-corrected chi connectivity index (χ2v) is 13.4. The molecule has 1 N–H and O–H groups in total. The van der Waals surface area contributed by atoms with Crippen molar-refractivity contribution in [2.75, 3.05) is 0 Å². The van der Waals surface area contributed by atoms with Gasteiger partial charge < -0.3 is 9.84 Å². The van der Waals surface area contributed by atoms with E-state index in [1.54, 1.807) is 30.3 Å². The van der Waals surface area contributed by atoms with Crippen molar-refractivity contribution in [3.8, 4) is 11.1 Å². The highest BCUT2D eigenvalue weighted by Gasteiger charge is 2.59. The van der Waals surface area contributed by atoms with Gasteiger partial charge in [0.15, 0.2) is 0 Å². The highest BCUT2D eigenvalue weighted by atomic mass is 32.2. The molecule has 7 heteroatoms. The highest BCUT2D eigenvalue weighted by molar-refractivity contribution is 7.90. The van der Waals surface area contributed by atoms with Gasteiger partial charge in [-0.3, -0.25) is 0 Å². The molecule has 0 amide bonds. The third kappa shape index (κ3) is 3.79. The number of benzene rings is 2. The monoisotopic (exact) mass is 493 g/mol. The van der Waals surface area contributed by atoms with Gasteiger partial charge in [0.2, 0.25) is 5.90 Å². The molecule has 1 aliphatic heterocycles. The van der Waals surface area contributed by atoms with Gasteiger partial charge >= 0.3 is 5.97 Å². The SMILES string of the molecule is CC1(C)OC(CC23CC4CC(CC2C4)C3)=NS(=O)(=O)[C@H]1c1ccc(-c2cccc(C(=O)O)c2)cc1. The van der Waals surface area contributed by atoms with E-state index in [0.29, 0.717) is 23.8 Å². The van der Waals surface area contributed by atoms with E-state index < -0.39 is 26.8 Å². The molecule has 2 aromatic carbocycles. The van der Waals surface area contributed by atoms with Crippen molar-refractivity contribution >= 4 is 21.9 Å². The summed E-state index contributed by atoms with van der Waals surface area (Å²) < 4.78 is 37.6. The van der Waals surface area contributed by atoms with E-state index in [0.717, 1.165) is 23.0 Å². The van der Waals surface area contributed by atoms with Crippen LogP contribution in [-0.2, 0) is 14.8 Å². The van der Waals surface area contributed by atoms with Crippen LogP contribution in [0.15, 0.2) is 52.9 Å². The van der Waals surface area contributed by atoms with E-state index >= 15 is 0 Å². The molecule has 6 nitrogen and oxygen atoms in total. The molecule has 2 aromatic rings. The fourth-order valence-corrected chi connectivity index (χ4v) is 9.56. The molecule has 4 saturated carbocycles.